The maximum atomic E-state index is 13.3. The van der Waals surface area contributed by atoms with Crippen LogP contribution in [0.4, 0.5) is 0 Å². The lowest BCUT2D eigenvalue weighted by atomic mass is 9.96. The van der Waals surface area contributed by atoms with Crippen LogP contribution in [-0.4, -0.2) is 69.8 Å². The molecule has 1 amide bonds. The molecule has 2 fully saturated rings. The molecule has 0 aliphatic carbocycles. The highest BCUT2D eigenvalue weighted by Gasteiger charge is 2.35. The van der Waals surface area contributed by atoms with Gasteiger partial charge >= 0.3 is 0 Å². The molecule has 9 heteroatoms. The average molecular weight is 497 g/mol. The van der Waals surface area contributed by atoms with E-state index in [1.165, 1.54) is 12.8 Å². The highest BCUT2D eigenvalue weighted by molar-refractivity contribution is 7.90. The van der Waals surface area contributed by atoms with Gasteiger partial charge in [-0.3, -0.25) is 9.69 Å². The molecule has 3 heterocycles. The SMILES string of the molecule is COc1cccc([C@@H](CNC(=O)[C@H]2CCCN(C3=NS(=O)(=O)c4ccccc43)C2)N2CCCC2)c1. The van der Waals surface area contributed by atoms with Crippen LogP contribution < -0.4 is 10.1 Å². The summed E-state index contributed by atoms with van der Waals surface area (Å²) in [6, 6.07) is 15.1. The Kier molecular flexibility index (Phi) is 6.80. The average Bonchev–Trinajstić information content (AvgIpc) is 3.51. The van der Waals surface area contributed by atoms with Crippen molar-refractivity contribution >= 4 is 21.8 Å². The quantitative estimate of drug-likeness (QED) is 0.661. The van der Waals surface area contributed by atoms with Crippen molar-refractivity contribution in [3.05, 3.63) is 59.7 Å². The molecule has 0 bridgehead atoms. The molecule has 0 radical (unpaired) electrons. The Labute approximate surface area is 207 Å². The van der Waals surface area contributed by atoms with Crippen molar-refractivity contribution in [2.75, 3.05) is 39.8 Å². The Morgan fingerprint density at radius 3 is 2.71 bits per heavy atom. The van der Waals surface area contributed by atoms with Crippen LogP contribution in [0.5, 0.6) is 5.75 Å². The van der Waals surface area contributed by atoms with E-state index < -0.39 is 10.0 Å². The number of sulfonamides is 1. The topological polar surface area (TPSA) is 91.3 Å². The van der Waals surface area contributed by atoms with Gasteiger partial charge in [-0.15, -0.1) is 4.40 Å². The number of benzene rings is 2. The Morgan fingerprint density at radius 1 is 1.11 bits per heavy atom. The van der Waals surface area contributed by atoms with Crippen LogP contribution in [0.15, 0.2) is 57.8 Å². The Hall–Kier alpha value is -2.91. The molecule has 2 aromatic rings. The van der Waals surface area contributed by atoms with Gasteiger partial charge in [0.25, 0.3) is 10.0 Å². The summed E-state index contributed by atoms with van der Waals surface area (Å²) in [5.41, 5.74) is 1.76. The van der Waals surface area contributed by atoms with Crippen LogP contribution in [0, 0.1) is 5.92 Å². The lowest BCUT2D eigenvalue weighted by molar-refractivity contribution is -0.126. The second kappa shape index (κ2) is 9.99. The summed E-state index contributed by atoms with van der Waals surface area (Å²) >= 11 is 0. The molecule has 8 nitrogen and oxygen atoms in total. The van der Waals surface area contributed by atoms with Crippen LogP contribution in [0.1, 0.15) is 42.9 Å². The Balaban J connectivity index is 1.28. The van der Waals surface area contributed by atoms with Crippen LogP contribution in [0.2, 0.25) is 0 Å². The van der Waals surface area contributed by atoms with E-state index in [1.807, 2.05) is 29.2 Å². The van der Waals surface area contributed by atoms with Crippen LogP contribution >= 0.6 is 0 Å². The van der Waals surface area contributed by atoms with Gasteiger partial charge in [-0.25, -0.2) is 0 Å². The highest BCUT2D eigenvalue weighted by Crippen LogP contribution is 2.30. The van der Waals surface area contributed by atoms with Gasteiger partial charge in [0.2, 0.25) is 5.91 Å². The summed E-state index contributed by atoms with van der Waals surface area (Å²) in [6.45, 7) is 3.71. The molecule has 35 heavy (non-hydrogen) atoms. The zero-order valence-electron chi connectivity index (χ0n) is 20.0. The summed E-state index contributed by atoms with van der Waals surface area (Å²) in [5, 5.41) is 3.21. The minimum absolute atomic E-state index is 0.0107. The number of nitrogens with zero attached hydrogens (tertiary/aromatic N) is 3. The highest BCUT2D eigenvalue weighted by atomic mass is 32.2. The number of amidine groups is 1. The first kappa shape index (κ1) is 23.8. The molecule has 0 unspecified atom stereocenters. The molecule has 0 aromatic heterocycles. The summed E-state index contributed by atoms with van der Waals surface area (Å²) in [6.07, 6.45) is 3.92. The molecule has 3 aliphatic heterocycles. The van der Waals surface area contributed by atoms with E-state index >= 15 is 0 Å². The maximum Gasteiger partial charge on any atom is 0.285 e. The number of carbonyl (C=O) groups excluding carboxylic acids is 1. The monoisotopic (exact) mass is 496 g/mol. The number of piperidine rings is 1. The van der Waals surface area contributed by atoms with E-state index in [4.69, 9.17) is 4.74 Å². The van der Waals surface area contributed by atoms with Crippen molar-refractivity contribution in [2.24, 2.45) is 10.3 Å². The fourth-order valence-corrected chi connectivity index (χ4v) is 6.63. The lowest BCUT2D eigenvalue weighted by Crippen LogP contribution is -2.47. The fraction of sp³-hybridized carbons (Fsp3) is 0.462. The lowest BCUT2D eigenvalue weighted by Gasteiger charge is -2.34. The number of hydrogen-bond donors (Lipinski definition) is 1. The van der Waals surface area contributed by atoms with Gasteiger partial charge < -0.3 is 15.0 Å². The van der Waals surface area contributed by atoms with Crippen LogP contribution in [-0.2, 0) is 14.8 Å². The number of ether oxygens (including phenoxy) is 1. The minimum atomic E-state index is -3.68. The Morgan fingerprint density at radius 2 is 1.91 bits per heavy atom. The smallest absolute Gasteiger partial charge is 0.285 e. The van der Waals surface area contributed by atoms with Crippen molar-refractivity contribution in [3.8, 4) is 5.75 Å². The van der Waals surface area contributed by atoms with E-state index in [0.29, 0.717) is 31.0 Å². The van der Waals surface area contributed by atoms with Gasteiger partial charge in [0.1, 0.15) is 10.6 Å². The molecular weight excluding hydrogens is 464 g/mol. The van der Waals surface area contributed by atoms with E-state index in [2.05, 4.69) is 20.7 Å². The van der Waals surface area contributed by atoms with E-state index in [-0.39, 0.29) is 22.8 Å². The first-order chi connectivity index (χ1) is 17.0. The second-order valence-corrected chi connectivity index (χ2v) is 11.0. The van der Waals surface area contributed by atoms with Gasteiger partial charge in [0.05, 0.1) is 19.1 Å². The van der Waals surface area contributed by atoms with E-state index in [9.17, 15) is 13.2 Å². The zero-order chi connectivity index (χ0) is 24.4. The summed E-state index contributed by atoms with van der Waals surface area (Å²) < 4.78 is 34.5. The number of fused-ring (bicyclic) bond motifs is 1. The number of hydrogen-bond acceptors (Lipinski definition) is 6. The summed E-state index contributed by atoms with van der Waals surface area (Å²) in [7, 11) is -2.01. The number of rotatable bonds is 6. The van der Waals surface area contributed by atoms with Gasteiger partial charge in [0.15, 0.2) is 5.84 Å². The van der Waals surface area contributed by atoms with Gasteiger partial charge in [-0.1, -0.05) is 24.3 Å². The number of carbonyl (C=O) groups is 1. The van der Waals surface area contributed by atoms with Crippen molar-refractivity contribution in [2.45, 2.75) is 36.6 Å². The van der Waals surface area contributed by atoms with Crippen LogP contribution in [0.25, 0.3) is 0 Å². The summed E-state index contributed by atoms with van der Waals surface area (Å²) in [5.74, 6) is 1.07. The third-order valence-corrected chi connectivity index (χ3v) is 8.56. The van der Waals surface area contributed by atoms with Gasteiger partial charge in [-0.05, 0) is 68.6 Å². The van der Waals surface area contributed by atoms with Crippen molar-refractivity contribution < 1.29 is 17.9 Å². The standard InChI is InChI=1S/C26H32N4O4S/c1-34-21-10-6-8-19(16-21)23(29-13-4-5-14-29)17-27-26(31)20-9-7-15-30(18-20)25-22-11-2-3-12-24(22)35(32,33)28-25/h2-3,6,8,10-12,16,20,23H,4-5,7,9,13-15,17-18H2,1H3,(H,27,31)/t20-,23+/m0/s1. The van der Waals surface area contributed by atoms with Crippen molar-refractivity contribution in [3.63, 3.8) is 0 Å². The van der Waals surface area contributed by atoms with Gasteiger partial charge in [-0.2, -0.15) is 8.42 Å². The normalized spacial score (nSPS) is 22.4. The molecule has 0 spiro atoms. The minimum Gasteiger partial charge on any atom is -0.497 e. The molecule has 2 aromatic carbocycles. The zero-order valence-corrected chi connectivity index (χ0v) is 20.8. The molecule has 186 valence electrons. The summed E-state index contributed by atoms with van der Waals surface area (Å²) in [4.78, 5) is 17.9. The first-order valence-corrected chi connectivity index (χ1v) is 13.8. The number of amides is 1. The molecule has 5 rings (SSSR count). The molecule has 1 N–H and O–H groups in total. The van der Waals surface area contributed by atoms with E-state index in [1.54, 1.807) is 25.3 Å². The number of likely N-dealkylation sites (tertiary alicyclic amines) is 2. The molecule has 3 aliphatic rings. The van der Waals surface area contributed by atoms with Crippen molar-refractivity contribution in [1.82, 2.24) is 15.1 Å². The number of nitrogens with one attached hydrogen (secondary N) is 1. The molecular formula is C26H32N4O4S. The maximum absolute atomic E-state index is 13.3. The largest absolute Gasteiger partial charge is 0.497 e. The van der Waals surface area contributed by atoms with E-state index in [0.717, 1.165) is 37.2 Å². The third kappa shape index (κ3) is 4.92. The number of methoxy groups -OCH3 is 1. The predicted molar refractivity (Wildman–Crippen MR) is 134 cm³/mol. The third-order valence-electron chi connectivity index (χ3n) is 7.23. The predicted octanol–water partition coefficient (Wildman–Crippen LogP) is 2.81. The van der Waals surface area contributed by atoms with Crippen molar-refractivity contribution in [1.29, 1.82) is 0 Å². The Bertz CT molecular complexity index is 1220. The molecule has 2 atom stereocenters. The van der Waals surface area contributed by atoms with Gasteiger partial charge in [0, 0.05) is 25.2 Å². The second-order valence-electron chi connectivity index (χ2n) is 9.45. The first-order valence-electron chi connectivity index (χ1n) is 12.3. The fourth-order valence-electron chi connectivity index (χ4n) is 5.40. The molecule has 0 saturated carbocycles. The molecule has 2 saturated heterocycles. The van der Waals surface area contributed by atoms with Crippen LogP contribution in [0.3, 0.4) is 0 Å².